The van der Waals surface area contributed by atoms with Crippen molar-refractivity contribution in [3.05, 3.63) is 24.0 Å². The fourth-order valence-electron chi connectivity index (χ4n) is 1.40. The zero-order valence-corrected chi connectivity index (χ0v) is 11.7. The number of hydrogen-bond donors (Lipinski definition) is 0. The fourth-order valence-corrected chi connectivity index (χ4v) is 1.93. The molecule has 0 unspecified atom stereocenters. The van der Waals surface area contributed by atoms with Gasteiger partial charge in [0.05, 0.1) is 10.9 Å². The third kappa shape index (κ3) is 2.64. The molecule has 5 nitrogen and oxygen atoms in total. The van der Waals surface area contributed by atoms with E-state index in [1.807, 2.05) is 33.9 Å². The maximum atomic E-state index is 11.8. The highest BCUT2D eigenvalue weighted by atomic mass is 32.2. The number of fused-ring (bicyclic) bond motifs is 1. The monoisotopic (exact) mass is 264 g/mol. The fraction of sp³-hybridized carbons (Fsp3) is 0.417. The lowest BCUT2D eigenvalue weighted by molar-refractivity contribution is 0.651. The summed E-state index contributed by atoms with van der Waals surface area (Å²) in [5.74, 6) is 0. The molecule has 0 aliphatic heterocycles. The second kappa shape index (κ2) is 4.61. The van der Waals surface area contributed by atoms with E-state index in [9.17, 15) is 4.21 Å². The molecule has 2 rings (SSSR count). The topological polar surface area (TPSA) is 60.1 Å². The molecule has 18 heavy (non-hydrogen) atoms. The molecular weight excluding hydrogens is 248 g/mol. The lowest BCUT2D eigenvalue weighted by Crippen LogP contribution is -2.19. The van der Waals surface area contributed by atoms with Crippen molar-refractivity contribution in [2.24, 2.45) is 11.4 Å². The van der Waals surface area contributed by atoms with Crippen LogP contribution in [0.25, 0.3) is 11.0 Å². The van der Waals surface area contributed by atoms with Crippen molar-refractivity contribution in [2.45, 2.75) is 25.5 Å². The SMILES string of the molecule is Cn1ncc2cc(/C=N/[S@](=O)C(C)(C)C)cnc21. The molecule has 0 aliphatic rings. The highest BCUT2D eigenvalue weighted by molar-refractivity contribution is 7.85. The molecule has 0 fully saturated rings. The summed E-state index contributed by atoms with van der Waals surface area (Å²) in [5, 5.41) is 5.07. The van der Waals surface area contributed by atoms with Gasteiger partial charge in [0.1, 0.15) is 11.0 Å². The summed E-state index contributed by atoms with van der Waals surface area (Å²) in [5.41, 5.74) is 1.65. The van der Waals surface area contributed by atoms with Gasteiger partial charge in [-0.2, -0.15) is 9.50 Å². The summed E-state index contributed by atoms with van der Waals surface area (Å²) in [4.78, 5) is 4.29. The molecule has 6 heteroatoms. The molecule has 0 radical (unpaired) electrons. The largest absolute Gasteiger partial charge is 0.250 e. The summed E-state index contributed by atoms with van der Waals surface area (Å²) in [7, 11) is 0.600. The van der Waals surface area contributed by atoms with Crippen LogP contribution < -0.4 is 0 Å². The molecule has 1 atom stereocenters. The zero-order valence-electron chi connectivity index (χ0n) is 10.9. The Hall–Kier alpha value is -1.56. The first kappa shape index (κ1) is 12.9. The van der Waals surface area contributed by atoms with Gasteiger partial charge in [0, 0.05) is 30.4 Å². The second-order valence-corrected chi connectivity index (χ2v) is 6.98. The van der Waals surface area contributed by atoms with Gasteiger partial charge in [0.25, 0.3) is 0 Å². The zero-order chi connectivity index (χ0) is 13.3. The number of nitrogens with zero attached hydrogens (tertiary/aromatic N) is 4. The van der Waals surface area contributed by atoms with Gasteiger partial charge in [0.2, 0.25) is 0 Å². The molecule has 0 spiro atoms. The highest BCUT2D eigenvalue weighted by Gasteiger charge is 2.18. The normalized spacial score (nSPS) is 14.4. The van der Waals surface area contributed by atoms with Gasteiger partial charge in [-0.25, -0.2) is 9.19 Å². The van der Waals surface area contributed by atoms with Gasteiger partial charge in [-0.05, 0) is 26.8 Å². The standard InChI is InChI=1S/C12H16N4OS/c1-12(2,3)18(17)15-7-9-5-10-8-14-16(4)11(10)13-6-9/h5-8H,1-4H3/b15-7+/t18-/m1/s1. The highest BCUT2D eigenvalue weighted by Crippen LogP contribution is 2.13. The maximum Gasteiger partial charge on any atom is 0.157 e. The van der Waals surface area contributed by atoms with Crippen LogP contribution in [0.3, 0.4) is 0 Å². The van der Waals surface area contributed by atoms with Gasteiger partial charge in [-0.1, -0.05) is 0 Å². The van der Waals surface area contributed by atoms with Gasteiger partial charge in [-0.15, -0.1) is 0 Å². The van der Waals surface area contributed by atoms with Crippen molar-refractivity contribution in [1.29, 1.82) is 0 Å². The van der Waals surface area contributed by atoms with Crippen molar-refractivity contribution in [2.75, 3.05) is 0 Å². The van der Waals surface area contributed by atoms with E-state index in [4.69, 9.17) is 0 Å². The Bertz CT molecular complexity index is 625. The first-order valence-electron chi connectivity index (χ1n) is 5.62. The molecule has 2 aromatic rings. The predicted molar refractivity (Wildman–Crippen MR) is 74.0 cm³/mol. The van der Waals surface area contributed by atoms with Crippen LogP contribution in [0.4, 0.5) is 0 Å². The summed E-state index contributed by atoms with van der Waals surface area (Å²) in [6.07, 6.45) is 5.05. The molecule has 96 valence electrons. The number of aryl methyl sites for hydroxylation is 1. The van der Waals surface area contributed by atoms with Crippen LogP contribution in [0.15, 0.2) is 22.9 Å². The Morgan fingerprint density at radius 2 is 2.11 bits per heavy atom. The molecule has 0 bridgehead atoms. The summed E-state index contributed by atoms with van der Waals surface area (Å²) in [6, 6.07) is 1.93. The van der Waals surface area contributed by atoms with Crippen molar-refractivity contribution < 1.29 is 4.21 Å². The van der Waals surface area contributed by atoms with E-state index in [0.29, 0.717) is 0 Å². The lowest BCUT2D eigenvalue weighted by Gasteiger charge is -2.12. The Morgan fingerprint density at radius 3 is 2.78 bits per heavy atom. The number of hydrogen-bond acceptors (Lipinski definition) is 3. The Kier molecular flexibility index (Phi) is 3.30. The van der Waals surface area contributed by atoms with Crippen molar-refractivity contribution in [3.63, 3.8) is 0 Å². The molecule has 0 aromatic carbocycles. The van der Waals surface area contributed by atoms with Gasteiger partial charge in [0.15, 0.2) is 5.65 Å². The third-order valence-corrected chi connectivity index (χ3v) is 3.76. The minimum atomic E-state index is -1.25. The van der Waals surface area contributed by atoms with E-state index >= 15 is 0 Å². The molecular formula is C12H16N4OS. The first-order chi connectivity index (χ1) is 8.38. The maximum absolute atomic E-state index is 11.8. The van der Waals surface area contributed by atoms with Gasteiger partial charge >= 0.3 is 0 Å². The van der Waals surface area contributed by atoms with Crippen molar-refractivity contribution in [1.82, 2.24) is 14.8 Å². The van der Waals surface area contributed by atoms with Crippen molar-refractivity contribution >= 4 is 28.2 Å². The summed E-state index contributed by atoms with van der Waals surface area (Å²) >= 11 is 0. The second-order valence-electron chi connectivity index (χ2n) is 5.05. The van der Waals surface area contributed by atoms with Gasteiger partial charge in [-0.3, -0.25) is 4.68 Å². The molecule has 0 amide bonds. The van der Waals surface area contributed by atoms with E-state index in [-0.39, 0.29) is 4.75 Å². The van der Waals surface area contributed by atoms with E-state index < -0.39 is 11.0 Å². The number of rotatable bonds is 2. The minimum Gasteiger partial charge on any atom is -0.250 e. The molecule has 0 saturated carbocycles. The van der Waals surface area contributed by atoms with Crippen LogP contribution in [-0.4, -0.2) is 29.9 Å². The average molecular weight is 264 g/mol. The van der Waals surface area contributed by atoms with Crippen LogP contribution in [0.5, 0.6) is 0 Å². The number of pyridine rings is 1. The Labute approximate surface area is 109 Å². The summed E-state index contributed by atoms with van der Waals surface area (Å²) in [6.45, 7) is 5.68. The van der Waals surface area contributed by atoms with E-state index in [1.54, 1.807) is 23.3 Å². The smallest absolute Gasteiger partial charge is 0.157 e. The van der Waals surface area contributed by atoms with E-state index in [0.717, 1.165) is 16.6 Å². The first-order valence-corrected chi connectivity index (χ1v) is 6.72. The molecule has 0 N–H and O–H groups in total. The molecule has 0 aliphatic carbocycles. The number of aromatic nitrogens is 3. The average Bonchev–Trinajstić information content (AvgIpc) is 2.66. The quantitative estimate of drug-likeness (QED) is 0.778. The lowest BCUT2D eigenvalue weighted by atomic mass is 10.2. The molecule has 0 saturated heterocycles. The third-order valence-electron chi connectivity index (χ3n) is 2.41. The van der Waals surface area contributed by atoms with Crippen molar-refractivity contribution in [3.8, 4) is 0 Å². The minimum absolute atomic E-state index is 0.345. The molecule has 2 heterocycles. The van der Waals surface area contributed by atoms with Gasteiger partial charge < -0.3 is 0 Å². The van der Waals surface area contributed by atoms with Crippen LogP contribution >= 0.6 is 0 Å². The molecule has 2 aromatic heterocycles. The predicted octanol–water partition coefficient (Wildman–Crippen LogP) is 1.85. The van der Waals surface area contributed by atoms with Crippen LogP contribution in [0.2, 0.25) is 0 Å². The van der Waals surface area contributed by atoms with Crippen LogP contribution in [0, 0.1) is 0 Å². The summed E-state index contributed by atoms with van der Waals surface area (Å²) < 4.78 is 17.2. The van der Waals surface area contributed by atoms with E-state index in [1.165, 1.54) is 0 Å². The Morgan fingerprint density at radius 1 is 1.39 bits per heavy atom. The van der Waals surface area contributed by atoms with Crippen LogP contribution in [-0.2, 0) is 18.0 Å². The van der Waals surface area contributed by atoms with Crippen LogP contribution in [0.1, 0.15) is 26.3 Å². The Balaban J connectivity index is 2.27. The van der Waals surface area contributed by atoms with E-state index in [2.05, 4.69) is 14.5 Å².